The Bertz CT molecular complexity index is 1120. The molecule has 0 spiro atoms. The molecule has 146 valence electrons. The van der Waals surface area contributed by atoms with Crippen LogP contribution in [-0.2, 0) is 16.4 Å². The fourth-order valence-corrected chi connectivity index (χ4v) is 4.16. The van der Waals surface area contributed by atoms with Crippen molar-refractivity contribution in [2.75, 3.05) is 11.6 Å². The zero-order valence-corrected chi connectivity index (χ0v) is 16.7. The van der Waals surface area contributed by atoms with Gasteiger partial charge in [0.05, 0.1) is 22.8 Å². The predicted molar refractivity (Wildman–Crippen MR) is 105 cm³/mol. The van der Waals surface area contributed by atoms with Crippen LogP contribution in [0, 0.1) is 12.7 Å². The first-order chi connectivity index (χ1) is 13.2. The summed E-state index contributed by atoms with van der Waals surface area (Å²) in [6, 6.07) is 8.87. The van der Waals surface area contributed by atoms with Crippen LogP contribution < -0.4 is 10.6 Å². The van der Waals surface area contributed by atoms with Crippen LogP contribution in [0.3, 0.4) is 0 Å². The number of amides is 2. The van der Waals surface area contributed by atoms with E-state index in [1.165, 1.54) is 23.5 Å². The topological polar surface area (TPSA) is 101 Å². The first-order valence-electron chi connectivity index (χ1n) is 8.16. The molecule has 28 heavy (non-hydrogen) atoms. The Morgan fingerprint density at radius 1 is 1.25 bits per heavy atom. The van der Waals surface area contributed by atoms with Gasteiger partial charge in [0.25, 0.3) is 0 Å². The van der Waals surface area contributed by atoms with Crippen LogP contribution in [0.15, 0.2) is 47.5 Å². The summed E-state index contributed by atoms with van der Waals surface area (Å²) in [5, 5.41) is 5.66. The zero-order chi connectivity index (χ0) is 20.3. The number of nitrogens with zero attached hydrogens (tertiary/aromatic N) is 2. The average molecular weight is 420 g/mol. The number of urea groups is 1. The number of hydrogen-bond acceptors (Lipinski definition) is 6. The molecule has 7 nitrogen and oxygen atoms in total. The molecule has 0 bridgehead atoms. The number of rotatable bonds is 5. The average Bonchev–Trinajstić information content (AvgIpc) is 3.00. The van der Waals surface area contributed by atoms with E-state index in [0.29, 0.717) is 21.3 Å². The van der Waals surface area contributed by atoms with Crippen molar-refractivity contribution in [3.05, 3.63) is 59.8 Å². The Morgan fingerprint density at radius 3 is 2.68 bits per heavy atom. The maximum Gasteiger partial charge on any atom is 0.321 e. The summed E-state index contributed by atoms with van der Waals surface area (Å²) in [4.78, 5) is 20.7. The molecule has 0 unspecified atom stereocenters. The van der Waals surface area contributed by atoms with Crippen molar-refractivity contribution < 1.29 is 17.6 Å². The van der Waals surface area contributed by atoms with Crippen LogP contribution in [0.2, 0.25) is 0 Å². The monoisotopic (exact) mass is 420 g/mol. The highest BCUT2D eigenvalue weighted by atomic mass is 32.2. The second-order valence-electron chi connectivity index (χ2n) is 5.98. The maximum absolute atomic E-state index is 14.2. The summed E-state index contributed by atoms with van der Waals surface area (Å²) in [7, 11) is -3.64. The van der Waals surface area contributed by atoms with Crippen LogP contribution in [-0.4, -0.2) is 30.7 Å². The number of benzene rings is 1. The van der Waals surface area contributed by atoms with E-state index in [0.717, 1.165) is 18.0 Å². The van der Waals surface area contributed by atoms with Crippen molar-refractivity contribution in [2.24, 2.45) is 0 Å². The van der Waals surface area contributed by atoms with E-state index >= 15 is 0 Å². The van der Waals surface area contributed by atoms with E-state index in [1.54, 1.807) is 25.3 Å². The summed E-state index contributed by atoms with van der Waals surface area (Å²) < 4.78 is 37.3. The summed E-state index contributed by atoms with van der Waals surface area (Å²) in [6.45, 7) is 1.99. The molecule has 0 radical (unpaired) electrons. The van der Waals surface area contributed by atoms with Gasteiger partial charge in [0.1, 0.15) is 10.7 Å². The first kappa shape index (κ1) is 19.9. The number of halogens is 1. The van der Waals surface area contributed by atoms with Crippen LogP contribution in [0.5, 0.6) is 0 Å². The Labute approximate surface area is 165 Å². The van der Waals surface area contributed by atoms with Gasteiger partial charge in [0, 0.05) is 12.5 Å². The molecular formula is C18H17FN4O3S2. The van der Waals surface area contributed by atoms with E-state index in [-0.39, 0.29) is 11.4 Å². The minimum Gasteiger partial charge on any atom is -0.332 e. The molecule has 0 aliphatic rings. The van der Waals surface area contributed by atoms with Crippen molar-refractivity contribution in [3.8, 4) is 10.4 Å². The second-order valence-corrected chi connectivity index (χ2v) is 8.96. The molecule has 0 atom stereocenters. The number of aryl methyl sites for hydroxylation is 1. The number of nitrogens with one attached hydrogen (secondary N) is 2. The van der Waals surface area contributed by atoms with Gasteiger partial charge in [-0.2, -0.15) is 0 Å². The Kier molecular flexibility index (Phi) is 5.71. The maximum atomic E-state index is 14.2. The highest BCUT2D eigenvalue weighted by Gasteiger charge is 2.17. The van der Waals surface area contributed by atoms with Gasteiger partial charge in [0.15, 0.2) is 15.0 Å². The molecule has 0 fully saturated rings. The molecular weight excluding hydrogens is 403 g/mol. The summed E-state index contributed by atoms with van der Waals surface area (Å²) in [6.07, 6.45) is 2.59. The lowest BCUT2D eigenvalue weighted by Crippen LogP contribution is -2.28. The van der Waals surface area contributed by atoms with Crippen LogP contribution in [0.1, 0.15) is 11.4 Å². The fraction of sp³-hybridized carbons (Fsp3) is 0.167. The van der Waals surface area contributed by atoms with Gasteiger partial charge in [-0.05, 0) is 36.8 Å². The summed E-state index contributed by atoms with van der Waals surface area (Å²) >= 11 is 1.17. The molecule has 3 aromatic rings. The number of aromatic nitrogens is 2. The van der Waals surface area contributed by atoms with E-state index in [9.17, 15) is 17.6 Å². The molecule has 10 heteroatoms. The van der Waals surface area contributed by atoms with Gasteiger partial charge >= 0.3 is 6.03 Å². The number of thiazole rings is 1. The minimum atomic E-state index is -3.64. The minimum absolute atomic E-state index is 0.266. The highest BCUT2D eigenvalue weighted by Crippen LogP contribution is 2.34. The lowest BCUT2D eigenvalue weighted by atomic mass is 10.1. The van der Waals surface area contributed by atoms with E-state index in [1.807, 2.05) is 6.07 Å². The molecule has 0 saturated heterocycles. The number of pyridine rings is 1. The molecule has 1 aromatic carbocycles. The van der Waals surface area contributed by atoms with Crippen molar-refractivity contribution in [3.63, 3.8) is 0 Å². The fourth-order valence-electron chi connectivity index (χ4n) is 2.48. The molecule has 2 heterocycles. The predicted octanol–water partition coefficient (Wildman–Crippen LogP) is 3.38. The van der Waals surface area contributed by atoms with Gasteiger partial charge in [0.2, 0.25) is 0 Å². The first-order valence-corrected chi connectivity index (χ1v) is 10.9. The molecule has 0 saturated carbocycles. The number of anilines is 1. The third kappa shape index (κ3) is 4.70. The Hall–Kier alpha value is -2.85. The number of carbonyl (C=O) groups excluding carboxylic acids is 1. The third-order valence-electron chi connectivity index (χ3n) is 3.77. The van der Waals surface area contributed by atoms with E-state index in [2.05, 4.69) is 20.6 Å². The summed E-state index contributed by atoms with van der Waals surface area (Å²) in [5.41, 5.74) is 1.80. The van der Waals surface area contributed by atoms with Crippen LogP contribution in [0.4, 0.5) is 14.3 Å². The van der Waals surface area contributed by atoms with Crippen molar-refractivity contribution in [1.82, 2.24) is 15.3 Å². The lowest BCUT2D eigenvalue weighted by molar-refractivity contribution is 0.251. The van der Waals surface area contributed by atoms with Crippen LogP contribution >= 0.6 is 11.3 Å². The largest absolute Gasteiger partial charge is 0.332 e. The second kappa shape index (κ2) is 8.03. The molecule has 2 amide bonds. The number of hydrogen-bond donors (Lipinski definition) is 2. The SMILES string of the molecule is Cc1nc(NC(=O)NCc2ccccn2)sc1-c1ccc(S(C)(=O)=O)c(F)c1. The van der Waals surface area contributed by atoms with E-state index < -0.39 is 21.7 Å². The van der Waals surface area contributed by atoms with Gasteiger partial charge in [-0.1, -0.05) is 23.5 Å². The van der Waals surface area contributed by atoms with Gasteiger partial charge in [-0.25, -0.2) is 22.6 Å². The van der Waals surface area contributed by atoms with Crippen molar-refractivity contribution in [2.45, 2.75) is 18.4 Å². The van der Waals surface area contributed by atoms with Crippen molar-refractivity contribution >= 4 is 32.3 Å². The number of carbonyl (C=O) groups is 1. The molecule has 2 aromatic heterocycles. The normalized spacial score (nSPS) is 11.2. The highest BCUT2D eigenvalue weighted by molar-refractivity contribution is 7.90. The van der Waals surface area contributed by atoms with Gasteiger partial charge in [-0.15, -0.1) is 0 Å². The lowest BCUT2D eigenvalue weighted by Gasteiger charge is -2.04. The third-order valence-corrected chi connectivity index (χ3v) is 6.02. The quantitative estimate of drug-likeness (QED) is 0.659. The summed E-state index contributed by atoms with van der Waals surface area (Å²) in [5.74, 6) is -0.824. The standard InChI is InChI=1S/C18H17FN4O3S2/c1-11-16(12-6-7-15(14(19)9-12)28(2,25)26)27-18(22-11)23-17(24)21-10-13-5-3-4-8-20-13/h3-9H,10H2,1-2H3,(H2,21,22,23,24). The molecule has 0 aliphatic carbocycles. The van der Waals surface area contributed by atoms with Gasteiger partial charge in [-0.3, -0.25) is 10.3 Å². The van der Waals surface area contributed by atoms with Gasteiger partial charge < -0.3 is 5.32 Å². The molecule has 2 N–H and O–H groups in total. The van der Waals surface area contributed by atoms with Crippen molar-refractivity contribution in [1.29, 1.82) is 0 Å². The number of sulfone groups is 1. The Morgan fingerprint density at radius 2 is 2.04 bits per heavy atom. The molecule has 3 rings (SSSR count). The zero-order valence-electron chi connectivity index (χ0n) is 15.1. The molecule has 0 aliphatic heterocycles. The smallest absolute Gasteiger partial charge is 0.321 e. The van der Waals surface area contributed by atoms with Crippen LogP contribution in [0.25, 0.3) is 10.4 Å². The van der Waals surface area contributed by atoms with E-state index in [4.69, 9.17) is 0 Å². The Balaban J connectivity index is 1.72.